The van der Waals surface area contributed by atoms with Crippen LogP contribution < -0.4 is 14.5 Å². The lowest BCUT2D eigenvalue weighted by molar-refractivity contribution is -0.129. The number of benzene rings is 2. The number of phenols is 1. The maximum absolute atomic E-state index is 15.3. The fourth-order valence-electron chi connectivity index (χ4n) is 6.82. The van der Waals surface area contributed by atoms with Gasteiger partial charge in [0, 0.05) is 42.0 Å². The van der Waals surface area contributed by atoms with Crippen molar-refractivity contribution < 1.29 is 37.3 Å². The second-order valence-corrected chi connectivity index (χ2v) is 12.2. The van der Waals surface area contributed by atoms with Crippen LogP contribution in [0.3, 0.4) is 0 Å². The van der Waals surface area contributed by atoms with E-state index in [1.807, 2.05) is 32.6 Å². The van der Waals surface area contributed by atoms with Crippen LogP contribution in [0.2, 0.25) is 0 Å². The highest BCUT2D eigenvalue weighted by molar-refractivity contribution is 5.92. The lowest BCUT2D eigenvalue weighted by Crippen LogP contribution is -2.62. The van der Waals surface area contributed by atoms with Gasteiger partial charge in [-0.1, -0.05) is 26.5 Å². The number of phenolic OH excluding ortho intramolecular Hbond substituents is 1. The summed E-state index contributed by atoms with van der Waals surface area (Å²) >= 11 is 0. The minimum absolute atomic E-state index is 0.0535. The first-order valence-corrected chi connectivity index (χ1v) is 15.0. The van der Waals surface area contributed by atoms with Crippen LogP contribution in [0.4, 0.5) is 28.9 Å². The van der Waals surface area contributed by atoms with Crippen molar-refractivity contribution in [1.29, 1.82) is 0 Å². The Morgan fingerprint density at radius 2 is 1.93 bits per heavy atom. The standard InChI is InChI=1S/C34H34F4N4O4/c1-6-27(44)40-15-20-16-46-25-12-21(28-18(4)10-11-39-30(28)17(2)3)29-22(31(25)41(20)14-19(40)5)13-26(34(36,37)38)42(33(29)45)32-23(35)8-7-9-24(32)43/h6-13,17,19-20,33,43,45H,1,14-16H2,2-5H3. The number of amides is 1. The van der Waals surface area contributed by atoms with Gasteiger partial charge in [0.1, 0.15) is 29.5 Å². The van der Waals surface area contributed by atoms with Crippen molar-refractivity contribution in [3.63, 3.8) is 0 Å². The van der Waals surface area contributed by atoms with E-state index < -0.39 is 41.4 Å². The molecule has 1 amide bonds. The second kappa shape index (κ2) is 11.3. The van der Waals surface area contributed by atoms with Crippen LogP contribution in [0.15, 0.2) is 54.9 Å². The Labute approximate surface area is 263 Å². The van der Waals surface area contributed by atoms with Crippen molar-refractivity contribution in [1.82, 2.24) is 9.88 Å². The van der Waals surface area contributed by atoms with Crippen LogP contribution >= 0.6 is 0 Å². The van der Waals surface area contributed by atoms with Crippen molar-refractivity contribution in [3.8, 4) is 22.6 Å². The molecule has 3 atom stereocenters. The number of para-hydroxylation sites is 1. The molecule has 0 spiro atoms. The van der Waals surface area contributed by atoms with E-state index in [0.29, 0.717) is 33.2 Å². The van der Waals surface area contributed by atoms with E-state index in [9.17, 15) is 28.2 Å². The number of fused-ring (bicyclic) bond motifs is 5. The topological polar surface area (TPSA) is 89.4 Å². The Balaban J connectivity index is 1.68. The Kier molecular flexibility index (Phi) is 7.74. The van der Waals surface area contributed by atoms with E-state index in [-0.39, 0.29) is 48.7 Å². The lowest BCUT2D eigenvalue weighted by atomic mass is 9.84. The average Bonchev–Trinajstić information content (AvgIpc) is 2.99. The Morgan fingerprint density at radius 3 is 2.59 bits per heavy atom. The van der Waals surface area contributed by atoms with Crippen molar-refractivity contribution in [2.45, 2.75) is 58.1 Å². The molecule has 0 saturated carbocycles. The highest BCUT2D eigenvalue weighted by Gasteiger charge is 2.48. The van der Waals surface area contributed by atoms with Gasteiger partial charge in [0.25, 0.3) is 0 Å². The number of aromatic hydroxyl groups is 1. The summed E-state index contributed by atoms with van der Waals surface area (Å²) in [5.41, 5.74) is 0.689. The molecule has 3 aromatic rings. The number of halogens is 4. The fourth-order valence-corrected chi connectivity index (χ4v) is 6.82. The van der Waals surface area contributed by atoms with Crippen LogP contribution in [0.1, 0.15) is 55.3 Å². The molecule has 0 radical (unpaired) electrons. The molecule has 1 fully saturated rings. The number of carbonyl (C=O) groups excluding carboxylic acids is 1. The number of alkyl halides is 3. The normalized spacial score (nSPS) is 20.9. The summed E-state index contributed by atoms with van der Waals surface area (Å²) in [5.74, 6) is -1.96. The van der Waals surface area contributed by atoms with Crippen LogP contribution in [0.25, 0.3) is 17.2 Å². The number of aryl methyl sites for hydroxylation is 1. The number of aliphatic hydroxyl groups is 1. The molecule has 2 N–H and O–H groups in total. The van der Waals surface area contributed by atoms with E-state index in [4.69, 9.17) is 4.74 Å². The number of nitrogens with zero attached hydrogens (tertiary/aromatic N) is 4. The predicted octanol–water partition coefficient (Wildman–Crippen LogP) is 6.42. The number of allylic oxidation sites excluding steroid dienone is 1. The summed E-state index contributed by atoms with van der Waals surface area (Å²) in [7, 11) is 0. The van der Waals surface area contributed by atoms with Crippen LogP contribution in [0, 0.1) is 12.7 Å². The quantitative estimate of drug-likeness (QED) is 0.252. The Morgan fingerprint density at radius 1 is 1.20 bits per heavy atom. The molecule has 3 aliphatic rings. The third-order valence-electron chi connectivity index (χ3n) is 8.91. The van der Waals surface area contributed by atoms with Crippen molar-refractivity contribution in [2.75, 3.05) is 29.5 Å². The number of hydrogen-bond donors (Lipinski definition) is 2. The molecule has 3 aliphatic heterocycles. The molecule has 1 aromatic heterocycles. The number of aliphatic hydroxyl groups excluding tert-OH is 1. The van der Waals surface area contributed by atoms with Crippen molar-refractivity contribution >= 4 is 23.4 Å². The molecule has 242 valence electrons. The first-order valence-electron chi connectivity index (χ1n) is 15.0. The molecule has 3 unspecified atom stereocenters. The zero-order valence-electron chi connectivity index (χ0n) is 25.8. The smallest absolute Gasteiger partial charge is 0.431 e. The van der Waals surface area contributed by atoms with E-state index in [0.717, 1.165) is 23.8 Å². The van der Waals surface area contributed by atoms with Gasteiger partial charge >= 0.3 is 6.18 Å². The average molecular weight is 639 g/mol. The number of ether oxygens (including phenoxy) is 1. The zero-order chi connectivity index (χ0) is 33.2. The van der Waals surface area contributed by atoms with Crippen LogP contribution in [0.5, 0.6) is 11.5 Å². The van der Waals surface area contributed by atoms with Gasteiger partial charge in [-0.15, -0.1) is 0 Å². The first kappa shape index (κ1) is 31.4. The summed E-state index contributed by atoms with van der Waals surface area (Å²) in [6.45, 7) is 11.8. The van der Waals surface area contributed by atoms with E-state index in [1.165, 1.54) is 12.1 Å². The third kappa shape index (κ3) is 4.95. The molecular weight excluding hydrogens is 604 g/mol. The number of carbonyl (C=O) groups is 1. The third-order valence-corrected chi connectivity index (χ3v) is 8.91. The zero-order valence-corrected chi connectivity index (χ0v) is 25.8. The highest BCUT2D eigenvalue weighted by atomic mass is 19.4. The fraction of sp³-hybridized carbons (Fsp3) is 0.353. The predicted molar refractivity (Wildman–Crippen MR) is 166 cm³/mol. The van der Waals surface area contributed by atoms with Crippen molar-refractivity contribution in [3.05, 3.63) is 83.1 Å². The molecule has 0 aliphatic carbocycles. The summed E-state index contributed by atoms with van der Waals surface area (Å²) < 4.78 is 66.3. The highest BCUT2D eigenvalue weighted by Crippen LogP contribution is 2.55. The number of rotatable bonds is 4. The van der Waals surface area contributed by atoms with Gasteiger partial charge in [0.05, 0.1) is 17.4 Å². The van der Waals surface area contributed by atoms with Gasteiger partial charge in [0.15, 0.2) is 12.0 Å². The maximum Gasteiger partial charge on any atom is 0.431 e. The molecule has 12 heteroatoms. The molecular formula is C34H34F4N4O4. The van der Waals surface area contributed by atoms with Gasteiger partial charge in [-0.05, 0) is 67.3 Å². The second-order valence-electron chi connectivity index (χ2n) is 12.2. The van der Waals surface area contributed by atoms with E-state index in [1.54, 1.807) is 23.2 Å². The maximum atomic E-state index is 15.3. The molecule has 2 aromatic carbocycles. The molecule has 8 nitrogen and oxygen atoms in total. The minimum atomic E-state index is -5.07. The van der Waals surface area contributed by atoms with Crippen LogP contribution in [-0.2, 0) is 4.79 Å². The van der Waals surface area contributed by atoms with E-state index in [2.05, 4.69) is 11.6 Å². The molecule has 0 bridgehead atoms. The largest absolute Gasteiger partial charge is 0.506 e. The van der Waals surface area contributed by atoms with Gasteiger partial charge in [-0.2, -0.15) is 13.2 Å². The summed E-state index contributed by atoms with van der Waals surface area (Å²) in [5, 5.41) is 22.7. The minimum Gasteiger partial charge on any atom is -0.506 e. The molecule has 4 heterocycles. The van der Waals surface area contributed by atoms with Gasteiger partial charge in [-0.25, -0.2) is 4.39 Å². The number of anilines is 2. The van der Waals surface area contributed by atoms with Crippen molar-refractivity contribution in [2.24, 2.45) is 0 Å². The molecule has 46 heavy (non-hydrogen) atoms. The Bertz CT molecular complexity index is 1750. The number of piperazine rings is 1. The molecule has 1 saturated heterocycles. The summed E-state index contributed by atoms with van der Waals surface area (Å²) in [6, 6.07) is 5.90. The number of pyridine rings is 1. The SMILES string of the molecule is C=CC(=O)N1CC2COc3cc(-c4c(C)ccnc4C(C)C)c4c(c3N2CC1C)C=C(C(F)(F)F)N(c1c(O)cccc1F)C4O. The van der Waals surface area contributed by atoms with Gasteiger partial charge in [-0.3, -0.25) is 9.78 Å². The van der Waals surface area contributed by atoms with E-state index >= 15 is 4.39 Å². The first-order chi connectivity index (χ1) is 21.7. The monoisotopic (exact) mass is 638 g/mol. The summed E-state index contributed by atoms with van der Waals surface area (Å²) in [6.07, 6.45) is -3.40. The number of aromatic nitrogens is 1. The number of hydrogen-bond acceptors (Lipinski definition) is 7. The summed E-state index contributed by atoms with van der Waals surface area (Å²) in [4.78, 5) is 21.1. The Hall–Kier alpha value is -4.58. The molecule has 6 rings (SSSR count). The van der Waals surface area contributed by atoms with Gasteiger partial charge < -0.3 is 29.6 Å². The van der Waals surface area contributed by atoms with Crippen LogP contribution in [-0.4, -0.2) is 64.0 Å². The van der Waals surface area contributed by atoms with Gasteiger partial charge in [0.2, 0.25) is 5.91 Å². The lowest BCUT2D eigenvalue weighted by Gasteiger charge is -2.50.